The molecule has 1 fully saturated rings. The molecule has 0 bridgehead atoms. The van der Waals surface area contributed by atoms with Gasteiger partial charge < -0.3 is 4.90 Å². The molecule has 3 heterocycles. The van der Waals surface area contributed by atoms with Gasteiger partial charge in [0.05, 0.1) is 11.2 Å². The lowest BCUT2D eigenvalue weighted by molar-refractivity contribution is 0.0575. The molecule has 25 heavy (non-hydrogen) atoms. The third kappa shape index (κ3) is 3.00. The van der Waals surface area contributed by atoms with Gasteiger partial charge in [0.25, 0.3) is 5.91 Å². The Bertz CT molecular complexity index is 868. The highest BCUT2D eigenvalue weighted by Crippen LogP contribution is 2.21. The van der Waals surface area contributed by atoms with E-state index in [1.54, 1.807) is 0 Å². The molecule has 2 aromatic heterocycles. The summed E-state index contributed by atoms with van der Waals surface area (Å²) in [6, 6.07) is 14.0. The van der Waals surface area contributed by atoms with Crippen molar-refractivity contribution in [2.45, 2.75) is 13.0 Å². The highest BCUT2D eigenvalue weighted by molar-refractivity contribution is 6.04. The Morgan fingerprint density at radius 3 is 2.60 bits per heavy atom. The van der Waals surface area contributed by atoms with Crippen molar-refractivity contribution in [3.8, 4) is 0 Å². The molecule has 6 heteroatoms. The van der Waals surface area contributed by atoms with E-state index < -0.39 is 0 Å². The number of H-pyrrole nitrogens is 1. The Hall–Kier alpha value is -2.73. The summed E-state index contributed by atoms with van der Waals surface area (Å²) < 4.78 is 0. The zero-order valence-electron chi connectivity index (χ0n) is 14.2. The predicted octanol–water partition coefficient (Wildman–Crippen LogP) is 2.48. The predicted molar refractivity (Wildman–Crippen MR) is 96.2 cm³/mol. The van der Waals surface area contributed by atoms with Crippen molar-refractivity contribution in [3.63, 3.8) is 0 Å². The normalized spacial score (nSPS) is 16.9. The molecule has 1 aliphatic rings. The van der Waals surface area contributed by atoms with Crippen molar-refractivity contribution in [1.82, 2.24) is 25.0 Å². The summed E-state index contributed by atoms with van der Waals surface area (Å²) in [5.41, 5.74) is 2.48. The summed E-state index contributed by atoms with van der Waals surface area (Å²) >= 11 is 0. The summed E-state index contributed by atoms with van der Waals surface area (Å²) in [4.78, 5) is 21.5. The number of para-hydroxylation sites is 1. The molecule has 4 rings (SSSR count). The van der Waals surface area contributed by atoms with Crippen LogP contribution >= 0.6 is 0 Å². The second kappa shape index (κ2) is 6.64. The van der Waals surface area contributed by atoms with Crippen LogP contribution in [-0.4, -0.2) is 57.1 Å². The van der Waals surface area contributed by atoms with Crippen LogP contribution in [0.1, 0.15) is 29.1 Å². The van der Waals surface area contributed by atoms with E-state index in [1.807, 2.05) is 47.5 Å². The zero-order chi connectivity index (χ0) is 17.2. The summed E-state index contributed by atoms with van der Waals surface area (Å²) in [5, 5.41) is 8.06. The van der Waals surface area contributed by atoms with Gasteiger partial charge in [0.15, 0.2) is 5.69 Å². The van der Waals surface area contributed by atoms with Gasteiger partial charge in [-0.05, 0) is 25.1 Å². The van der Waals surface area contributed by atoms with Crippen molar-refractivity contribution in [1.29, 1.82) is 0 Å². The lowest BCUT2D eigenvalue weighted by Crippen LogP contribution is -2.49. The van der Waals surface area contributed by atoms with Crippen molar-refractivity contribution in [2.75, 3.05) is 26.2 Å². The van der Waals surface area contributed by atoms with E-state index in [2.05, 4.69) is 33.1 Å². The average molecular weight is 335 g/mol. The monoisotopic (exact) mass is 335 g/mol. The molecule has 3 aromatic rings. The van der Waals surface area contributed by atoms with E-state index in [-0.39, 0.29) is 11.9 Å². The van der Waals surface area contributed by atoms with Gasteiger partial charge in [-0.3, -0.25) is 19.8 Å². The molecule has 1 aliphatic heterocycles. The molecule has 1 unspecified atom stereocenters. The Labute approximate surface area is 146 Å². The lowest BCUT2D eigenvalue weighted by Gasteiger charge is -2.37. The first-order valence-corrected chi connectivity index (χ1v) is 8.61. The fraction of sp³-hybridized carbons (Fsp3) is 0.316. The molecule has 0 aliphatic carbocycles. The summed E-state index contributed by atoms with van der Waals surface area (Å²) in [5.74, 6) is 0.00240. The SMILES string of the molecule is CC(c1ccccn1)N1CCN(C(=O)c2n[nH]c3ccccc23)CC1. The van der Waals surface area contributed by atoms with Gasteiger partial charge >= 0.3 is 0 Å². The molecule has 128 valence electrons. The number of benzene rings is 1. The van der Waals surface area contributed by atoms with E-state index in [9.17, 15) is 4.79 Å². The Kier molecular flexibility index (Phi) is 4.19. The minimum atomic E-state index is 0.00240. The summed E-state index contributed by atoms with van der Waals surface area (Å²) in [6.07, 6.45) is 1.83. The van der Waals surface area contributed by atoms with Crippen LogP contribution in [-0.2, 0) is 0 Å². The van der Waals surface area contributed by atoms with Crippen LogP contribution in [0, 0.1) is 0 Å². The van der Waals surface area contributed by atoms with Crippen molar-refractivity contribution in [3.05, 3.63) is 60.0 Å². The van der Waals surface area contributed by atoms with E-state index in [0.29, 0.717) is 18.8 Å². The molecule has 1 amide bonds. The van der Waals surface area contributed by atoms with Crippen LogP contribution < -0.4 is 0 Å². The summed E-state index contributed by atoms with van der Waals surface area (Å²) in [6.45, 7) is 5.26. The van der Waals surface area contributed by atoms with E-state index in [4.69, 9.17) is 0 Å². The van der Waals surface area contributed by atoms with Gasteiger partial charge in [-0.1, -0.05) is 24.3 Å². The van der Waals surface area contributed by atoms with Crippen molar-refractivity contribution >= 4 is 16.8 Å². The number of aromatic amines is 1. The second-order valence-electron chi connectivity index (χ2n) is 6.38. The van der Waals surface area contributed by atoms with Crippen molar-refractivity contribution in [2.24, 2.45) is 0 Å². The maximum atomic E-state index is 12.8. The van der Waals surface area contributed by atoms with Gasteiger partial charge in [-0.25, -0.2) is 0 Å². The van der Waals surface area contributed by atoms with Gasteiger partial charge in [0.2, 0.25) is 0 Å². The second-order valence-corrected chi connectivity index (χ2v) is 6.38. The van der Waals surface area contributed by atoms with Crippen LogP contribution in [0.25, 0.3) is 10.9 Å². The number of fused-ring (bicyclic) bond motifs is 1. The van der Waals surface area contributed by atoms with E-state index in [1.165, 1.54) is 0 Å². The number of aromatic nitrogens is 3. The molecule has 1 aromatic carbocycles. The third-order valence-corrected chi connectivity index (χ3v) is 4.94. The van der Waals surface area contributed by atoms with E-state index >= 15 is 0 Å². The molecule has 0 saturated carbocycles. The molecule has 0 radical (unpaired) electrons. The molecule has 1 N–H and O–H groups in total. The number of hydrogen-bond acceptors (Lipinski definition) is 4. The number of rotatable bonds is 3. The minimum absolute atomic E-state index is 0.00240. The van der Waals surface area contributed by atoms with Crippen LogP contribution in [0.2, 0.25) is 0 Å². The van der Waals surface area contributed by atoms with Gasteiger partial charge in [0, 0.05) is 43.8 Å². The number of hydrogen-bond donors (Lipinski definition) is 1. The fourth-order valence-corrected chi connectivity index (χ4v) is 3.40. The average Bonchev–Trinajstić information content (AvgIpc) is 3.12. The molecular formula is C19H21N5O. The molecule has 6 nitrogen and oxygen atoms in total. The van der Waals surface area contributed by atoms with Crippen LogP contribution in [0.5, 0.6) is 0 Å². The maximum Gasteiger partial charge on any atom is 0.275 e. The summed E-state index contributed by atoms with van der Waals surface area (Å²) in [7, 11) is 0. The highest BCUT2D eigenvalue weighted by atomic mass is 16.2. The Morgan fingerprint density at radius 2 is 1.84 bits per heavy atom. The molecular weight excluding hydrogens is 314 g/mol. The molecule has 0 spiro atoms. The van der Waals surface area contributed by atoms with Gasteiger partial charge in [0.1, 0.15) is 0 Å². The third-order valence-electron chi connectivity index (χ3n) is 4.94. The Morgan fingerprint density at radius 1 is 1.08 bits per heavy atom. The number of carbonyl (C=O) groups excluding carboxylic acids is 1. The topological polar surface area (TPSA) is 65.1 Å². The first-order chi connectivity index (χ1) is 12.2. The number of piperazine rings is 1. The number of nitrogens with zero attached hydrogens (tertiary/aromatic N) is 4. The number of carbonyl (C=O) groups is 1. The largest absolute Gasteiger partial charge is 0.335 e. The zero-order valence-corrected chi connectivity index (χ0v) is 14.2. The number of amides is 1. The lowest BCUT2D eigenvalue weighted by atomic mass is 10.1. The number of pyridine rings is 1. The number of nitrogens with one attached hydrogen (secondary N) is 1. The van der Waals surface area contributed by atoms with E-state index in [0.717, 1.165) is 29.7 Å². The first kappa shape index (κ1) is 15.8. The van der Waals surface area contributed by atoms with Gasteiger partial charge in [-0.2, -0.15) is 5.10 Å². The first-order valence-electron chi connectivity index (χ1n) is 8.61. The maximum absolute atomic E-state index is 12.8. The molecule has 1 saturated heterocycles. The standard InChI is InChI=1S/C19H21N5O/c1-14(16-7-4-5-9-20-16)23-10-12-24(13-11-23)19(25)18-15-6-2-3-8-17(15)21-22-18/h2-9,14H,10-13H2,1H3,(H,21,22). The van der Waals surface area contributed by atoms with Crippen LogP contribution in [0.4, 0.5) is 0 Å². The van der Waals surface area contributed by atoms with Crippen LogP contribution in [0.15, 0.2) is 48.7 Å². The quantitative estimate of drug-likeness (QED) is 0.799. The molecule has 1 atom stereocenters. The minimum Gasteiger partial charge on any atom is -0.335 e. The van der Waals surface area contributed by atoms with Crippen molar-refractivity contribution < 1.29 is 4.79 Å². The smallest absolute Gasteiger partial charge is 0.275 e. The highest BCUT2D eigenvalue weighted by Gasteiger charge is 2.27. The van der Waals surface area contributed by atoms with Gasteiger partial charge in [-0.15, -0.1) is 0 Å². The Balaban J connectivity index is 1.44. The fourth-order valence-electron chi connectivity index (χ4n) is 3.40. The van der Waals surface area contributed by atoms with Crippen LogP contribution in [0.3, 0.4) is 0 Å².